The van der Waals surface area contributed by atoms with Crippen LogP contribution in [0.4, 0.5) is 5.69 Å². The predicted octanol–water partition coefficient (Wildman–Crippen LogP) is 1.76. The topological polar surface area (TPSA) is 41.3 Å². The molecule has 0 bridgehead atoms. The first-order valence-electron chi connectivity index (χ1n) is 5.99. The number of aliphatic hydroxyl groups excluding tert-OH is 1. The maximum absolute atomic E-state index is 10.2. The number of aryl methyl sites for hydroxylation is 1. The van der Waals surface area contributed by atoms with Crippen LogP contribution in [0.3, 0.4) is 0 Å². The van der Waals surface area contributed by atoms with E-state index in [1.165, 1.54) is 0 Å². The van der Waals surface area contributed by atoms with E-state index >= 15 is 0 Å². The Labute approximate surface area is 107 Å². The van der Waals surface area contributed by atoms with Gasteiger partial charge >= 0.3 is 0 Å². The Morgan fingerprint density at radius 1 is 1.39 bits per heavy atom. The van der Waals surface area contributed by atoms with Crippen molar-refractivity contribution in [2.24, 2.45) is 7.05 Å². The molecule has 0 saturated heterocycles. The Bertz CT molecular complexity index is 519. The normalized spacial score (nSPS) is 12.4. The summed E-state index contributed by atoms with van der Waals surface area (Å²) in [6.07, 6.45) is 3.82. The van der Waals surface area contributed by atoms with E-state index in [9.17, 15) is 5.11 Å². The summed E-state index contributed by atoms with van der Waals surface area (Å²) in [5.74, 6) is 0. The van der Waals surface area contributed by atoms with Crippen molar-refractivity contribution in [1.29, 1.82) is 0 Å². The largest absolute Gasteiger partial charge is 0.388 e. The van der Waals surface area contributed by atoms with Crippen LogP contribution < -0.4 is 4.90 Å². The lowest BCUT2D eigenvalue weighted by Gasteiger charge is -2.16. The van der Waals surface area contributed by atoms with Crippen molar-refractivity contribution < 1.29 is 5.11 Å². The van der Waals surface area contributed by atoms with Gasteiger partial charge < -0.3 is 10.0 Å². The quantitative estimate of drug-likeness (QED) is 0.892. The zero-order chi connectivity index (χ0) is 13.1. The summed E-state index contributed by atoms with van der Waals surface area (Å²) < 4.78 is 1.75. The number of aromatic nitrogens is 2. The lowest BCUT2D eigenvalue weighted by Crippen LogP contribution is -2.09. The SMILES string of the molecule is CN(C)c1cccc(C(O)Cc2cnn(C)c2)c1. The molecule has 1 atom stereocenters. The summed E-state index contributed by atoms with van der Waals surface area (Å²) in [6, 6.07) is 7.96. The molecule has 1 aromatic carbocycles. The van der Waals surface area contributed by atoms with E-state index in [-0.39, 0.29) is 0 Å². The third-order valence-corrected chi connectivity index (χ3v) is 2.96. The molecule has 0 spiro atoms. The Morgan fingerprint density at radius 2 is 2.17 bits per heavy atom. The standard InChI is InChI=1S/C14H19N3O/c1-16(2)13-6-4-5-12(8-13)14(18)7-11-9-15-17(3)10-11/h4-6,8-10,14,18H,7H2,1-3H3. The van der Waals surface area contributed by atoms with Gasteiger partial charge in [0, 0.05) is 39.4 Å². The van der Waals surface area contributed by atoms with Crippen LogP contribution in [-0.2, 0) is 13.5 Å². The van der Waals surface area contributed by atoms with Crippen molar-refractivity contribution in [3.8, 4) is 0 Å². The van der Waals surface area contributed by atoms with Crippen molar-refractivity contribution in [2.45, 2.75) is 12.5 Å². The first-order valence-corrected chi connectivity index (χ1v) is 5.99. The molecular formula is C14H19N3O. The minimum Gasteiger partial charge on any atom is -0.388 e. The number of hydrogen-bond acceptors (Lipinski definition) is 3. The van der Waals surface area contributed by atoms with E-state index in [0.717, 1.165) is 16.8 Å². The monoisotopic (exact) mass is 245 g/mol. The first-order chi connectivity index (χ1) is 8.56. The number of benzene rings is 1. The van der Waals surface area contributed by atoms with Gasteiger partial charge in [-0.2, -0.15) is 5.10 Å². The minimum atomic E-state index is -0.492. The van der Waals surface area contributed by atoms with Crippen molar-refractivity contribution in [2.75, 3.05) is 19.0 Å². The number of anilines is 1. The number of hydrogen-bond donors (Lipinski definition) is 1. The third-order valence-electron chi connectivity index (χ3n) is 2.96. The zero-order valence-electron chi connectivity index (χ0n) is 11.0. The molecule has 0 aliphatic heterocycles. The third kappa shape index (κ3) is 2.90. The average Bonchev–Trinajstić information content (AvgIpc) is 2.75. The van der Waals surface area contributed by atoms with Crippen molar-refractivity contribution in [1.82, 2.24) is 9.78 Å². The minimum absolute atomic E-state index is 0.492. The van der Waals surface area contributed by atoms with Gasteiger partial charge in [0.15, 0.2) is 0 Å². The smallest absolute Gasteiger partial charge is 0.0832 e. The fourth-order valence-electron chi connectivity index (χ4n) is 1.93. The van der Waals surface area contributed by atoms with Crippen LogP contribution in [0.25, 0.3) is 0 Å². The molecule has 4 nitrogen and oxygen atoms in total. The molecule has 2 aromatic rings. The molecule has 96 valence electrons. The molecule has 4 heteroatoms. The summed E-state index contributed by atoms with van der Waals surface area (Å²) in [4.78, 5) is 2.03. The van der Waals surface area contributed by atoms with E-state index in [1.54, 1.807) is 10.9 Å². The fraction of sp³-hybridized carbons (Fsp3) is 0.357. The second-order valence-electron chi connectivity index (χ2n) is 4.73. The molecule has 1 N–H and O–H groups in total. The van der Waals surface area contributed by atoms with Crippen LogP contribution in [-0.4, -0.2) is 29.0 Å². The number of rotatable bonds is 4. The van der Waals surface area contributed by atoms with Gasteiger partial charge in [-0.15, -0.1) is 0 Å². The number of nitrogens with zero attached hydrogens (tertiary/aromatic N) is 3. The van der Waals surface area contributed by atoms with Gasteiger partial charge in [0.2, 0.25) is 0 Å². The van der Waals surface area contributed by atoms with E-state index < -0.39 is 6.10 Å². The molecule has 1 unspecified atom stereocenters. The van der Waals surface area contributed by atoms with Crippen LogP contribution in [0, 0.1) is 0 Å². The molecule has 0 saturated carbocycles. The highest BCUT2D eigenvalue weighted by Crippen LogP contribution is 2.22. The van der Waals surface area contributed by atoms with Crippen molar-refractivity contribution in [3.05, 3.63) is 47.8 Å². The maximum Gasteiger partial charge on any atom is 0.0832 e. The second-order valence-corrected chi connectivity index (χ2v) is 4.73. The predicted molar refractivity (Wildman–Crippen MR) is 72.6 cm³/mol. The summed E-state index contributed by atoms with van der Waals surface area (Å²) >= 11 is 0. The van der Waals surface area contributed by atoms with Gasteiger partial charge in [0.1, 0.15) is 0 Å². The maximum atomic E-state index is 10.2. The van der Waals surface area contributed by atoms with Gasteiger partial charge in [-0.3, -0.25) is 4.68 Å². The Balaban J connectivity index is 2.13. The van der Waals surface area contributed by atoms with Crippen molar-refractivity contribution >= 4 is 5.69 Å². The second kappa shape index (κ2) is 5.23. The first kappa shape index (κ1) is 12.6. The molecule has 1 aromatic heterocycles. The van der Waals surface area contributed by atoms with Gasteiger partial charge in [-0.05, 0) is 23.3 Å². The highest BCUT2D eigenvalue weighted by atomic mass is 16.3. The lowest BCUT2D eigenvalue weighted by molar-refractivity contribution is 0.178. The van der Waals surface area contributed by atoms with Crippen LogP contribution in [0.5, 0.6) is 0 Å². The Morgan fingerprint density at radius 3 is 2.78 bits per heavy atom. The highest BCUT2D eigenvalue weighted by Gasteiger charge is 2.10. The van der Waals surface area contributed by atoms with E-state index in [1.807, 2.05) is 56.5 Å². The van der Waals surface area contributed by atoms with E-state index in [4.69, 9.17) is 0 Å². The van der Waals surface area contributed by atoms with Gasteiger partial charge in [0.05, 0.1) is 12.3 Å². The molecule has 0 aliphatic carbocycles. The van der Waals surface area contributed by atoms with Crippen LogP contribution in [0.15, 0.2) is 36.7 Å². The summed E-state index contributed by atoms with van der Waals surface area (Å²) in [5.41, 5.74) is 3.07. The Hall–Kier alpha value is -1.81. The van der Waals surface area contributed by atoms with Crippen LogP contribution >= 0.6 is 0 Å². The average molecular weight is 245 g/mol. The van der Waals surface area contributed by atoms with Crippen molar-refractivity contribution in [3.63, 3.8) is 0 Å². The molecule has 0 radical (unpaired) electrons. The summed E-state index contributed by atoms with van der Waals surface area (Å²) in [7, 11) is 5.86. The van der Waals surface area contributed by atoms with E-state index in [0.29, 0.717) is 6.42 Å². The molecular weight excluding hydrogens is 226 g/mol. The Kier molecular flexibility index (Phi) is 3.67. The lowest BCUT2D eigenvalue weighted by atomic mass is 10.0. The fourth-order valence-corrected chi connectivity index (χ4v) is 1.93. The van der Waals surface area contributed by atoms with Crippen LogP contribution in [0.1, 0.15) is 17.2 Å². The van der Waals surface area contributed by atoms with E-state index in [2.05, 4.69) is 5.10 Å². The van der Waals surface area contributed by atoms with Gasteiger partial charge in [-0.25, -0.2) is 0 Å². The number of aliphatic hydroxyl groups is 1. The van der Waals surface area contributed by atoms with Gasteiger partial charge in [-0.1, -0.05) is 12.1 Å². The molecule has 0 fully saturated rings. The summed E-state index contributed by atoms with van der Waals surface area (Å²) in [5, 5.41) is 14.3. The van der Waals surface area contributed by atoms with Gasteiger partial charge in [0.25, 0.3) is 0 Å². The zero-order valence-corrected chi connectivity index (χ0v) is 11.0. The van der Waals surface area contributed by atoms with Crippen LogP contribution in [0.2, 0.25) is 0 Å². The molecule has 2 rings (SSSR count). The highest BCUT2D eigenvalue weighted by molar-refractivity contribution is 5.47. The summed E-state index contributed by atoms with van der Waals surface area (Å²) in [6.45, 7) is 0. The molecule has 18 heavy (non-hydrogen) atoms. The molecule has 0 amide bonds. The molecule has 0 aliphatic rings. The molecule has 1 heterocycles.